The fraction of sp³-hybridized carbons (Fsp3) is 0.0196. The summed E-state index contributed by atoms with van der Waals surface area (Å²) in [7, 11) is 0. The molecule has 0 saturated carbocycles. The molecule has 0 N–H and O–H groups in total. The third kappa shape index (κ3) is 3.96. The number of hydrogen-bond acceptors (Lipinski definition) is 2. The van der Waals surface area contributed by atoms with E-state index in [1.54, 1.807) is 0 Å². The summed E-state index contributed by atoms with van der Waals surface area (Å²) < 4.78 is 0. The Kier molecular flexibility index (Phi) is 6.04. The largest absolute Gasteiger partial charge is 0.192 e. The molecule has 0 bridgehead atoms. The van der Waals surface area contributed by atoms with Crippen LogP contribution in [-0.4, -0.2) is 0 Å². The van der Waals surface area contributed by atoms with Crippen LogP contribution in [0.4, 0.5) is 0 Å². The van der Waals surface area contributed by atoms with Gasteiger partial charge in [0.1, 0.15) is 0 Å². The van der Waals surface area contributed by atoms with Crippen LogP contribution in [0, 0.1) is 29.6 Å². The van der Waals surface area contributed by atoms with Gasteiger partial charge in [0.25, 0.3) is 0 Å². The summed E-state index contributed by atoms with van der Waals surface area (Å²) >= 11 is 0. The summed E-state index contributed by atoms with van der Waals surface area (Å²) in [6.45, 7) is 2.18. The van der Waals surface area contributed by atoms with Gasteiger partial charge in [-0.15, -0.1) is 0 Å². The molecule has 242 valence electrons. The molecule has 0 aliphatic rings. The van der Waals surface area contributed by atoms with E-state index in [0.717, 1.165) is 33.0 Å². The van der Waals surface area contributed by atoms with Gasteiger partial charge in [-0.05, 0) is 152 Å². The number of hydrogen-bond donors (Lipinski definition) is 0. The van der Waals surface area contributed by atoms with E-state index in [2.05, 4.69) is 134 Å². The predicted molar refractivity (Wildman–Crippen MR) is 222 cm³/mol. The predicted octanol–water partition coefficient (Wildman–Crippen LogP) is 13.7. The molecule has 0 radical (unpaired) electrons. The fourth-order valence-electron chi connectivity index (χ4n) is 9.40. The van der Waals surface area contributed by atoms with Crippen LogP contribution in [0.25, 0.3) is 109 Å². The SMILES string of the molecule is Cc1ccccc1-c1ccc2c3c(-c4cccc(C#N)c4)c4cc5c6ccccc6c6cccc(c4c(-c4cccc(C#N)c4)c3c3cccc1c23)c65. The number of rotatable bonds is 3. The molecule has 2 nitrogen and oxygen atoms in total. The zero-order valence-electron chi connectivity index (χ0n) is 28.8. The first kappa shape index (κ1) is 29.5. The lowest BCUT2D eigenvalue weighted by Crippen LogP contribution is -1.92. The van der Waals surface area contributed by atoms with Crippen molar-refractivity contribution in [2.45, 2.75) is 6.92 Å². The van der Waals surface area contributed by atoms with Gasteiger partial charge in [-0.25, -0.2) is 0 Å². The van der Waals surface area contributed by atoms with Crippen molar-refractivity contribution < 1.29 is 0 Å². The Morgan fingerprint density at radius 2 is 0.868 bits per heavy atom. The lowest BCUT2D eigenvalue weighted by molar-refractivity contribution is 1.47. The van der Waals surface area contributed by atoms with Crippen LogP contribution in [-0.2, 0) is 0 Å². The molecule has 0 saturated heterocycles. The molecule has 0 spiro atoms. The molecular weight excluding hydrogens is 641 g/mol. The van der Waals surface area contributed by atoms with Crippen molar-refractivity contribution >= 4 is 75.4 Å². The van der Waals surface area contributed by atoms with Crippen LogP contribution >= 0.6 is 0 Å². The average molecular weight is 669 g/mol. The number of benzene rings is 9. The molecular formula is C51H28N2. The van der Waals surface area contributed by atoms with Crippen molar-refractivity contribution in [2.75, 3.05) is 0 Å². The molecule has 0 aromatic heterocycles. The smallest absolute Gasteiger partial charge is 0.0991 e. The third-order valence-electron chi connectivity index (χ3n) is 11.5. The van der Waals surface area contributed by atoms with Crippen LogP contribution in [0.2, 0.25) is 0 Å². The van der Waals surface area contributed by atoms with E-state index in [1.165, 1.54) is 81.3 Å². The Bertz CT molecular complexity index is 3430. The van der Waals surface area contributed by atoms with Crippen LogP contribution in [0.5, 0.6) is 0 Å². The van der Waals surface area contributed by atoms with E-state index in [9.17, 15) is 10.5 Å². The van der Waals surface area contributed by atoms with E-state index >= 15 is 0 Å². The minimum absolute atomic E-state index is 0.628. The van der Waals surface area contributed by atoms with E-state index < -0.39 is 0 Å². The Morgan fingerprint density at radius 1 is 0.340 bits per heavy atom. The molecule has 53 heavy (non-hydrogen) atoms. The molecule has 11 aromatic carbocycles. The number of nitrogens with zero attached hydrogens (tertiary/aromatic N) is 2. The molecule has 0 amide bonds. The summed E-state index contributed by atoms with van der Waals surface area (Å²) in [5.41, 5.74) is 9.23. The lowest BCUT2D eigenvalue weighted by atomic mass is 9.83. The van der Waals surface area contributed by atoms with Crippen molar-refractivity contribution in [2.24, 2.45) is 0 Å². The van der Waals surface area contributed by atoms with E-state index in [4.69, 9.17) is 0 Å². The second-order valence-corrected chi connectivity index (χ2v) is 14.2. The van der Waals surface area contributed by atoms with Gasteiger partial charge in [0.05, 0.1) is 23.3 Å². The normalized spacial score (nSPS) is 11.8. The molecule has 0 fully saturated rings. The van der Waals surface area contributed by atoms with Gasteiger partial charge in [0, 0.05) is 0 Å². The molecule has 11 rings (SSSR count). The summed E-state index contributed by atoms with van der Waals surface area (Å²) in [6.07, 6.45) is 0. The Balaban J connectivity index is 1.47. The van der Waals surface area contributed by atoms with Gasteiger partial charge in [-0.1, -0.05) is 121 Å². The van der Waals surface area contributed by atoms with Crippen LogP contribution in [0.15, 0.2) is 152 Å². The minimum atomic E-state index is 0.628. The first-order chi connectivity index (χ1) is 26.1. The van der Waals surface area contributed by atoms with E-state index in [0.29, 0.717) is 11.1 Å². The Morgan fingerprint density at radius 3 is 1.58 bits per heavy atom. The minimum Gasteiger partial charge on any atom is -0.192 e. The standard InChI is InChI=1S/C51H28N2/c1-29-10-2-3-15-34(29)37-22-23-42-47-39(37)19-9-21-41(47)51-46(33-14-7-12-31(25-33)28-53)49-40-20-8-18-38-35-16-4-5-17-36(35)43(48(38)40)26-44(49)45(50(42)51)32-13-6-11-30(24-32)27-52/h2-26H,1H3. The highest BCUT2D eigenvalue weighted by atomic mass is 14.3. The highest BCUT2D eigenvalue weighted by molar-refractivity contribution is 6.45. The molecule has 0 unspecified atom stereocenters. The van der Waals surface area contributed by atoms with Crippen molar-refractivity contribution in [1.29, 1.82) is 10.5 Å². The van der Waals surface area contributed by atoms with Gasteiger partial charge in [-0.3, -0.25) is 0 Å². The molecule has 0 aliphatic heterocycles. The lowest BCUT2D eigenvalue weighted by Gasteiger charge is -2.19. The van der Waals surface area contributed by atoms with Crippen LogP contribution < -0.4 is 0 Å². The first-order valence-corrected chi connectivity index (χ1v) is 18.0. The summed E-state index contributed by atoms with van der Waals surface area (Å²) in [4.78, 5) is 0. The van der Waals surface area contributed by atoms with Gasteiger partial charge in [0.15, 0.2) is 0 Å². The maximum Gasteiger partial charge on any atom is 0.0991 e. The molecule has 11 aromatic rings. The van der Waals surface area contributed by atoms with E-state index in [1.807, 2.05) is 36.4 Å². The second kappa shape index (κ2) is 10.9. The Hall–Kier alpha value is -7.26. The average Bonchev–Trinajstić information content (AvgIpc) is 3.72. The number of aryl methyl sites for hydroxylation is 1. The van der Waals surface area contributed by atoms with Crippen LogP contribution in [0.3, 0.4) is 0 Å². The summed E-state index contributed by atoms with van der Waals surface area (Å²) in [5, 5.41) is 37.2. The van der Waals surface area contributed by atoms with Gasteiger partial charge >= 0.3 is 0 Å². The Labute approximate surface area is 305 Å². The zero-order chi connectivity index (χ0) is 35.4. The molecule has 0 aliphatic carbocycles. The topological polar surface area (TPSA) is 47.6 Å². The third-order valence-corrected chi connectivity index (χ3v) is 11.5. The molecule has 0 atom stereocenters. The van der Waals surface area contributed by atoms with Crippen molar-refractivity contribution in [3.63, 3.8) is 0 Å². The fourth-order valence-corrected chi connectivity index (χ4v) is 9.40. The van der Waals surface area contributed by atoms with Gasteiger partial charge < -0.3 is 0 Å². The maximum atomic E-state index is 10.2. The maximum absolute atomic E-state index is 10.2. The van der Waals surface area contributed by atoms with Gasteiger partial charge in [0.2, 0.25) is 0 Å². The van der Waals surface area contributed by atoms with Crippen LogP contribution in [0.1, 0.15) is 16.7 Å². The summed E-state index contributed by atoms with van der Waals surface area (Å²) in [6, 6.07) is 58.8. The van der Waals surface area contributed by atoms with Crippen molar-refractivity contribution in [3.8, 4) is 45.5 Å². The first-order valence-electron chi connectivity index (χ1n) is 18.0. The van der Waals surface area contributed by atoms with Gasteiger partial charge in [-0.2, -0.15) is 10.5 Å². The number of fused-ring (bicyclic) bond motifs is 8. The van der Waals surface area contributed by atoms with E-state index in [-0.39, 0.29) is 0 Å². The zero-order valence-corrected chi connectivity index (χ0v) is 28.8. The molecule has 0 heterocycles. The van der Waals surface area contributed by atoms with Crippen molar-refractivity contribution in [1.82, 2.24) is 0 Å². The van der Waals surface area contributed by atoms with Crippen molar-refractivity contribution in [3.05, 3.63) is 168 Å². The quantitative estimate of drug-likeness (QED) is 0.176. The number of nitriles is 2. The monoisotopic (exact) mass is 668 g/mol. The molecule has 2 heteroatoms. The second-order valence-electron chi connectivity index (χ2n) is 14.2. The highest BCUT2D eigenvalue weighted by Crippen LogP contribution is 2.55. The highest BCUT2D eigenvalue weighted by Gasteiger charge is 2.27. The summed E-state index contributed by atoms with van der Waals surface area (Å²) in [5.74, 6) is 0.